The Kier molecular flexibility index (Phi) is 2.63. The highest BCUT2D eigenvalue weighted by atomic mass is 35.5. The summed E-state index contributed by atoms with van der Waals surface area (Å²) in [5.41, 5.74) is 0.318. The molecule has 80 valence electrons. The molecule has 1 aliphatic rings. The van der Waals surface area contributed by atoms with Crippen LogP contribution in [0, 0.1) is 5.82 Å². The predicted octanol–water partition coefficient (Wildman–Crippen LogP) is 1.58. The van der Waals surface area contributed by atoms with Crippen LogP contribution in [0.1, 0.15) is 6.42 Å². The number of anilines is 1. The summed E-state index contributed by atoms with van der Waals surface area (Å²) in [4.78, 5) is 12.7. The van der Waals surface area contributed by atoms with E-state index < -0.39 is 11.9 Å². The summed E-state index contributed by atoms with van der Waals surface area (Å²) < 4.78 is 13.1. The van der Waals surface area contributed by atoms with Gasteiger partial charge in [-0.15, -0.1) is 0 Å². The molecule has 1 N–H and O–H groups in total. The number of aliphatic hydroxyl groups is 1. The van der Waals surface area contributed by atoms with Crippen molar-refractivity contribution in [2.75, 3.05) is 11.4 Å². The van der Waals surface area contributed by atoms with Gasteiger partial charge in [0.1, 0.15) is 10.8 Å². The molecular weight excluding hydrogens is 221 g/mol. The Morgan fingerprint density at radius 3 is 2.87 bits per heavy atom. The molecule has 0 aliphatic carbocycles. The number of halogens is 2. The number of aliphatic hydroxyl groups excluding tert-OH is 1. The summed E-state index contributed by atoms with van der Waals surface area (Å²) in [6.07, 6.45) is -0.635. The van der Waals surface area contributed by atoms with Crippen LogP contribution in [-0.2, 0) is 4.79 Å². The van der Waals surface area contributed by atoms with Crippen LogP contribution in [0.4, 0.5) is 10.1 Å². The number of carbonyl (C=O) groups is 1. The highest BCUT2D eigenvalue weighted by Crippen LogP contribution is 2.31. The molecule has 0 radical (unpaired) electrons. The van der Waals surface area contributed by atoms with Gasteiger partial charge in [-0.2, -0.15) is 0 Å². The fraction of sp³-hybridized carbons (Fsp3) is 0.300. The standard InChI is InChI=1S/C10H9ClFNO2/c11-10-7(12)2-1-3-8(10)13-5-6(14)4-9(13)15/h1-3,6,14H,4-5H2. The third-order valence-electron chi connectivity index (χ3n) is 2.33. The summed E-state index contributed by atoms with van der Waals surface area (Å²) in [7, 11) is 0. The van der Waals surface area contributed by atoms with Gasteiger partial charge < -0.3 is 10.0 Å². The van der Waals surface area contributed by atoms with Crippen molar-refractivity contribution in [1.29, 1.82) is 0 Å². The Morgan fingerprint density at radius 2 is 2.27 bits per heavy atom. The van der Waals surface area contributed by atoms with Crippen LogP contribution in [-0.4, -0.2) is 23.7 Å². The maximum atomic E-state index is 13.1. The topological polar surface area (TPSA) is 40.5 Å². The first kappa shape index (κ1) is 10.4. The molecule has 15 heavy (non-hydrogen) atoms. The molecular formula is C10H9ClFNO2. The molecule has 1 unspecified atom stereocenters. The lowest BCUT2D eigenvalue weighted by Gasteiger charge is -2.17. The summed E-state index contributed by atoms with van der Waals surface area (Å²) >= 11 is 5.74. The number of benzene rings is 1. The Hall–Kier alpha value is -1.13. The summed E-state index contributed by atoms with van der Waals surface area (Å²) in [5, 5.41) is 9.21. The van der Waals surface area contributed by atoms with Crippen LogP contribution in [0.15, 0.2) is 18.2 Å². The number of amides is 1. The molecule has 1 heterocycles. The fourth-order valence-electron chi connectivity index (χ4n) is 1.62. The predicted molar refractivity (Wildman–Crippen MR) is 54.4 cm³/mol. The van der Waals surface area contributed by atoms with Gasteiger partial charge in [0.25, 0.3) is 0 Å². The Morgan fingerprint density at radius 1 is 1.53 bits per heavy atom. The molecule has 1 saturated heterocycles. The van der Waals surface area contributed by atoms with Gasteiger partial charge in [0.15, 0.2) is 0 Å². The van der Waals surface area contributed by atoms with Crippen molar-refractivity contribution in [2.45, 2.75) is 12.5 Å². The first-order valence-electron chi connectivity index (χ1n) is 4.52. The highest BCUT2D eigenvalue weighted by molar-refractivity contribution is 6.34. The van der Waals surface area contributed by atoms with E-state index >= 15 is 0 Å². The van der Waals surface area contributed by atoms with Gasteiger partial charge in [-0.1, -0.05) is 17.7 Å². The average Bonchev–Trinajstić information content (AvgIpc) is 2.50. The maximum Gasteiger partial charge on any atom is 0.229 e. The second kappa shape index (κ2) is 3.79. The zero-order valence-corrected chi connectivity index (χ0v) is 8.54. The minimum atomic E-state index is -0.697. The SMILES string of the molecule is O=C1CC(O)CN1c1cccc(F)c1Cl. The Bertz CT molecular complexity index is 410. The molecule has 0 saturated carbocycles. The van der Waals surface area contributed by atoms with Crippen molar-refractivity contribution < 1.29 is 14.3 Å². The first-order valence-corrected chi connectivity index (χ1v) is 4.90. The lowest BCUT2D eigenvalue weighted by atomic mass is 10.3. The molecule has 1 aromatic carbocycles. The molecule has 0 bridgehead atoms. The van der Waals surface area contributed by atoms with Gasteiger partial charge in [0.05, 0.1) is 24.8 Å². The Labute approximate surface area is 91.1 Å². The second-order valence-corrected chi connectivity index (χ2v) is 3.81. The molecule has 0 aromatic heterocycles. The number of rotatable bonds is 1. The number of carbonyl (C=O) groups excluding carboxylic acids is 1. The van der Waals surface area contributed by atoms with Crippen LogP contribution in [0.25, 0.3) is 0 Å². The van der Waals surface area contributed by atoms with E-state index in [9.17, 15) is 14.3 Å². The van der Waals surface area contributed by atoms with Crippen molar-refractivity contribution in [1.82, 2.24) is 0 Å². The van der Waals surface area contributed by atoms with Crippen LogP contribution in [0.2, 0.25) is 5.02 Å². The molecule has 0 spiro atoms. The monoisotopic (exact) mass is 229 g/mol. The lowest BCUT2D eigenvalue weighted by molar-refractivity contribution is -0.117. The minimum Gasteiger partial charge on any atom is -0.391 e. The molecule has 5 heteroatoms. The smallest absolute Gasteiger partial charge is 0.229 e. The molecule has 2 rings (SSSR count). The van der Waals surface area contributed by atoms with Crippen LogP contribution >= 0.6 is 11.6 Å². The van der Waals surface area contributed by atoms with Gasteiger partial charge in [-0.3, -0.25) is 4.79 Å². The highest BCUT2D eigenvalue weighted by Gasteiger charge is 2.30. The molecule has 1 aliphatic heterocycles. The largest absolute Gasteiger partial charge is 0.391 e. The minimum absolute atomic E-state index is 0.0623. The number of hydrogen-bond acceptors (Lipinski definition) is 2. The zero-order chi connectivity index (χ0) is 11.0. The number of nitrogens with zero attached hydrogens (tertiary/aromatic N) is 1. The zero-order valence-electron chi connectivity index (χ0n) is 7.78. The maximum absolute atomic E-state index is 13.1. The van der Waals surface area contributed by atoms with E-state index in [0.29, 0.717) is 5.69 Å². The van der Waals surface area contributed by atoms with Crippen LogP contribution in [0.5, 0.6) is 0 Å². The molecule has 1 amide bonds. The lowest BCUT2D eigenvalue weighted by Crippen LogP contribution is -2.25. The van der Waals surface area contributed by atoms with E-state index in [1.807, 2.05) is 0 Å². The van der Waals surface area contributed by atoms with Crippen molar-refractivity contribution in [3.8, 4) is 0 Å². The van der Waals surface area contributed by atoms with Gasteiger partial charge >= 0.3 is 0 Å². The first-order chi connectivity index (χ1) is 7.09. The van der Waals surface area contributed by atoms with Gasteiger partial charge in [-0.05, 0) is 12.1 Å². The Balaban J connectivity index is 2.38. The van der Waals surface area contributed by atoms with Gasteiger partial charge in [-0.25, -0.2) is 4.39 Å². The van der Waals surface area contributed by atoms with E-state index in [1.54, 1.807) is 6.07 Å². The summed E-state index contributed by atoms with van der Waals surface area (Å²) in [6.45, 7) is 0.169. The van der Waals surface area contributed by atoms with Crippen molar-refractivity contribution in [3.63, 3.8) is 0 Å². The average molecular weight is 230 g/mol. The third kappa shape index (κ3) is 1.82. The quantitative estimate of drug-likeness (QED) is 0.794. The van der Waals surface area contributed by atoms with E-state index in [1.165, 1.54) is 17.0 Å². The van der Waals surface area contributed by atoms with Crippen molar-refractivity contribution >= 4 is 23.2 Å². The fourth-order valence-corrected chi connectivity index (χ4v) is 1.85. The summed E-state index contributed by atoms with van der Waals surface area (Å²) in [5.74, 6) is -0.807. The van der Waals surface area contributed by atoms with Crippen molar-refractivity contribution in [3.05, 3.63) is 29.0 Å². The normalized spacial score (nSPS) is 21.1. The van der Waals surface area contributed by atoms with E-state index in [0.717, 1.165) is 0 Å². The van der Waals surface area contributed by atoms with Crippen LogP contribution in [0.3, 0.4) is 0 Å². The van der Waals surface area contributed by atoms with E-state index in [4.69, 9.17) is 11.6 Å². The second-order valence-electron chi connectivity index (χ2n) is 3.44. The van der Waals surface area contributed by atoms with Crippen LogP contribution < -0.4 is 4.90 Å². The summed E-state index contributed by atoms with van der Waals surface area (Å²) in [6, 6.07) is 4.26. The molecule has 1 aromatic rings. The molecule has 1 atom stereocenters. The van der Waals surface area contributed by atoms with Gasteiger partial charge in [0, 0.05) is 0 Å². The van der Waals surface area contributed by atoms with Crippen molar-refractivity contribution in [2.24, 2.45) is 0 Å². The van der Waals surface area contributed by atoms with E-state index in [-0.39, 0.29) is 23.9 Å². The third-order valence-corrected chi connectivity index (χ3v) is 2.70. The molecule has 3 nitrogen and oxygen atoms in total. The van der Waals surface area contributed by atoms with E-state index in [2.05, 4.69) is 0 Å². The number of hydrogen-bond donors (Lipinski definition) is 1. The molecule has 1 fully saturated rings. The number of β-amino-alcohol motifs (C(OH)–C–C–N with tert-alkyl or cyclic N) is 1. The van der Waals surface area contributed by atoms with Gasteiger partial charge in [0.2, 0.25) is 5.91 Å².